The number of hydrogen-bond acceptors (Lipinski definition) is 5. The predicted octanol–water partition coefficient (Wildman–Crippen LogP) is 2.15. The van der Waals surface area contributed by atoms with Gasteiger partial charge in [-0.3, -0.25) is 19.6 Å². The molecule has 1 aliphatic carbocycles. The Labute approximate surface area is 160 Å². The lowest BCUT2D eigenvalue weighted by molar-refractivity contribution is -0.117. The summed E-state index contributed by atoms with van der Waals surface area (Å²) in [5, 5.41) is 7.49. The number of anilines is 1. The summed E-state index contributed by atoms with van der Waals surface area (Å²) in [4.78, 5) is 21.3. The van der Waals surface area contributed by atoms with Crippen LogP contribution < -0.4 is 5.32 Å². The molecule has 1 N–H and O–H groups in total. The quantitative estimate of drug-likeness (QED) is 0.846. The van der Waals surface area contributed by atoms with Gasteiger partial charge in [0.05, 0.1) is 18.8 Å². The number of piperazine rings is 1. The molecular formula is C20H28N6O. The van der Waals surface area contributed by atoms with Gasteiger partial charge in [-0.2, -0.15) is 5.10 Å². The first-order chi connectivity index (χ1) is 13.3. The van der Waals surface area contributed by atoms with Crippen molar-refractivity contribution in [1.29, 1.82) is 0 Å². The summed E-state index contributed by atoms with van der Waals surface area (Å²) in [6.45, 7) is 5.14. The van der Waals surface area contributed by atoms with Crippen molar-refractivity contribution in [2.45, 2.75) is 38.3 Å². The molecule has 2 aromatic rings. The number of carbonyl (C=O) groups excluding carboxylic acids is 1. The molecule has 0 aromatic carbocycles. The molecule has 3 heterocycles. The van der Waals surface area contributed by atoms with Crippen LogP contribution in [0.25, 0.3) is 0 Å². The maximum Gasteiger partial charge on any atom is 0.239 e. The lowest BCUT2D eigenvalue weighted by Crippen LogP contribution is -2.48. The molecular weight excluding hydrogens is 340 g/mol. The molecule has 0 radical (unpaired) electrons. The first kappa shape index (κ1) is 18.1. The third kappa shape index (κ3) is 4.73. The van der Waals surface area contributed by atoms with Crippen molar-refractivity contribution in [2.24, 2.45) is 0 Å². The number of hydrogen-bond donors (Lipinski definition) is 1. The molecule has 2 aliphatic rings. The van der Waals surface area contributed by atoms with E-state index in [2.05, 4.69) is 31.3 Å². The van der Waals surface area contributed by atoms with E-state index in [4.69, 9.17) is 0 Å². The topological polar surface area (TPSA) is 66.3 Å². The Balaban J connectivity index is 1.23. The second kappa shape index (κ2) is 8.63. The van der Waals surface area contributed by atoms with E-state index in [0.717, 1.165) is 51.4 Å². The van der Waals surface area contributed by atoms with Crippen LogP contribution in [0.1, 0.15) is 37.3 Å². The van der Waals surface area contributed by atoms with E-state index >= 15 is 0 Å². The van der Waals surface area contributed by atoms with E-state index in [1.54, 1.807) is 12.4 Å². The van der Waals surface area contributed by atoms with Crippen molar-refractivity contribution in [2.75, 3.05) is 38.0 Å². The number of pyridine rings is 1. The van der Waals surface area contributed by atoms with Crippen LogP contribution in [0.15, 0.2) is 36.8 Å². The molecule has 27 heavy (non-hydrogen) atoms. The van der Waals surface area contributed by atoms with Crippen LogP contribution in [0.5, 0.6) is 0 Å². The van der Waals surface area contributed by atoms with Crippen LogP contribution in [0, 0.1) is 0 Å². The molecule has 0 unspecified atom stereocenters. The Bertz CT molecular complexity index is 732. The monoisotopic (exact) mass is 368 g/mol. The zero-order chi connectivity index (χ0) is 18.5. The number of nitrogens with zero attached hydrogens (tertiary/aromatic N) is 5. The van der Waals surface area contributed by atoms with Gasteiger partial charge in [-0.15, -0.1) is 0 Å². The summed E-state index contributed by atoms with van der Waals surface area (Å²) >= 11 is 0. The summed E-state index contributed by atoms with van der Waals surface area (Å²) in [6.07, 6.45) is 10.3. The standard InChI is InChI=1S/C20H28N6O/c27-20(23-19-7-9-22-26(19)18-5-1-2-6-18)16-25-12-10-24(11-13-25)15-17-4-3-8-21-14-17/h3-4,7-9,14,18H,1-2,5-6,10-13,15-16H2,(H,23,27). The van der Waals surface area contributed by atoms with Crippen molar-refractivity contribution < 1.29 is 4.79 Å². The average molecular weight is 368 g/mol. The molecule has 2 fully saturated rings. The van der Waals surface area contributed by atoms with Gasteiger partial charge in [0, 0.05) is 51.2 Å². The lowest BCUT2D eigenvalue weighted by Gasteiger charge is -2.34. The normalized spacial score (nSPS) is 19.4. The third-order valence-corrected chi connectivity index (χ3v) is 5.57. The molecule has 7 heteroatoms. The van der Waals surface area contributed by atoms with E-state index in [0.29, 0.717) is 12.6 Å². The third-order valence-electron chi connectivity index (χ3n) is 5.57. The second-order valence-corrected chi connectivity index (χ2v) is 7.56. The zero-order valence-corrected chi connectivity index (χ0v) is 15.8. The van der Waals surface area contributed by atoms with Crippen LogP contribution in [0.2, 0.25) is 0 Å². The fourth-order valence-electron chi connectivity index (χ4n) is 4.09. The molecule has 7 nitrogen and oxygen atoms in total. The van der Waals surface area contributed by atoms with Crippen LogP contribution in [-0.4, -0.2) is 63.2 Å². The molecule has 1 saturated heterocycles. The van der Waals surface area contributed by atoms with Gasteiger partial charge in [-0.25, -0.2) is 4.68 Å². The second-order valence-electron chi connectivity index (χ2n) is 7.56. The smallest absolute Gasteiger partial charge is 0.239 e. The number of nitrogens with one attached hydrogen (secondary N) is 1. The first-order valence-corrected chi connectivity index (χ1v) is 9.95. The SMILES string of the molecule is O=C(CN1CCN(Cc2cccnc2)CC1)Nc1ccnn1C1CCCC1. The molecule has 1 amide bonds. The maximum absolute atomic E-state index is 12.5. The Kier molecular flexibility index (Phi) is 5.79. The van der Waals surface area contributed by atoms with E-state index < -0.39 is 0 Å². The average Bonchev–Trinajstić information content (AvgIpc) is 3.36. The van der Waals surface area contributed by atoms with Crippen LogP contribution in [-0.2, 0) is 11.3 Å². The molecule has 1 aliphatic heterocycles. The Hall–Kier alpha value is -2.25. The van der Waals surface area contributed by atoms with Gasteiger partial charge in [0.2, 0.25) is 5.91 Å². The minimum absolute atomic E-state index is 0.0513. The van der Waals surface area contributed by atoms with Crippen molar-refractivity contribution in [3.05, 3.63) is 42.4 Å². The van der Waals surface area contributed by atoms with Gasteiger partial charge in [0.25, 0.3) is 0 Å². The van der Waals surface area contributed by atoms with E-state index in [1.165, 1.54) is 18.4 Å². The van der Waals surface area contributed by atoms with Gasteiger partial charge in [-0.1, -0.05) is 18.9 Å². The fourth-order valence-corrected chi connectivity index (χ4v) is 4.09. The minimum Gasteiger partial charge on any atom is -0.310 e. The van der Waals surface area contributed by atoms with Crippen molar-refractivity contribution >= 4 is 11.7 Å². The van der Waals surface area contributed by atoms with E-state index in [1.807, 2.05) is 23.0 Å². The summed E-state index contributed by atoms with van der Waals surface area (Å²) in [7, 11) is 0. The van der Waals surface area contributed by atoms with E-state index in [9.17, 15) is 4.79 Å². The maximum atomic E-state index is 12.5. The fraction of sp³-hybridized carbons (Fsp3) is 0.550. The van der Waals surface area contributed by atoms with Gasteiger partial charge in [0.1, 0.15) is 5.82 Å². The number of aromatic nitrogens is 3. The largest absolute Gasteiger partial charge is 0.310 e. The van der Waals surface area contributed by atoms with Crippen molar-refractivity contribution in [3.8, 4) is 0 Å². The highest BCUT2D eigenvalue weighted by atomic mass is 16.2. The molecule has 0 spiro atoms. The van der Waals surface area contributed by atoms with Gasteiger partial charge >= 0.3 is 0 Å². The Morgan fingerprint density at radius 2 is 1.85 bits per heavy atom. The zero-order valence-electron chi connectivity index (χ0n) is 15.8. The summed E-state index contributed by atoms with van der Waals surface area (Å²) < 4.78 is 2.00. The highest BCUT2D eigenvalue weighted by Crippen LogP contribution is 2.31. The van der Waals surface area contributed by atoms with Crippen molar-refractivity contribution in [3.63, 3.8) is 0 Å². The molecule has 2 aromatic heterocycles. The molecule has 144 valence electrons. The van der Waals surface area contributed by atoms with Gasteiger partial charge < -0.3 is 5.32 Å². The van der Waals surface area contributed by atoms with Crippen LogP contribution in [0.3, 0.4) is 0 Å². The van der Waals surface area contributed by atoms with Gasteiger partial charge in [0.15, 0.2) is 0 Å². The molecule has 1 saturated carbocycles. The van der Waals surface area contributed by atoms with Crippen molar-refractivity contribution in [1.82, 2.24) is 24.6 Å². The number of rotatable bonds is 6. The highest BCUT2D eigenvalue weighted by Gasteiger charge is 2.22. The highest BCUT2D eigenvalue weighted by molar-refractivity contribution is 5.91. The minimum atomic E-state index is 0.0513. The first-order valence-electron chi connectivity index (χ1n) is 9.95. The summed E-state index contributed by atoms with van der Waals surface area (Å²) in [5.41, 5.74) is 1.24. The summed E-state index contributed by atoms with van der Waals surface area (Å²) in [6, 6.07) is 6.43. The van der Waals surface area contributed by atoms with Gasteiger partial charge in [-0.05, 0) is 24.5 Å². The van der Waals surface area contributed by atoms with Crippen LogP contribution >= 0.6 is 0 Å². The lowest BCUT2D eigenvalue weighted by atomic mass is 10.2. The number of amides is 1. The summed E-state index contributed by atoms with van der Waals surface area (Å²) in [5.74, 6) is 0.887. The number of carbonyl (C=O) groups is 1. The Morgan fingerprint density at radius 3 is 2.59 bits per heavy atom. The Morgan fingerprint density at radius 1 is 1.07 bits per heavy atom. The van der Waals surface area contributed by atoms with Crippen LogP contribution in [0.4, 0.5) is 5.82 Å². The van der Waals surface area contributed by atoms with E-state index in [-0.39, 0.29) is 5.91 Å². The molecule has 4 rings (SSSR count). The molecule has 0 bridgehead atoms. The predicted molar refractivity (Wildman–Crippen MR) is 104 cm³/mol. The molecule has 0 atom stereocenters.